The van der Waals surface area contributed by atoms with E-state index in [9.17, 15) is 0 Å². The molecule has 0 heterocycles. The third kappa shape index (κ3) is 7.05. The zero-order valence-corrected chi connectivity index (χ0v) is 17.0. The Morgan fingerprint density at radius 1 is 1.12 bits per heavy atom. The van der Waals surface area contributed by atoms with Crippen LogP contribution in [0, 0.1) is 0 Å². The van der Waals surface area contributed by atoms with Gasteiger partial charge >= 0.3 is 0 Å². The average Bonchev–Trinajstić information content (AvgIpc) is 2.62. The van der Waals surface area contributed by atoms with E-state index in [1.54, 1.807) is 13.2 Å². The second kappa shape index (κ2) is 13.6. The Balaban J connectivity index is 5.39. The van der Waals surface area contributed by atoms with Crippen molar-refractivity contribution < 1.29 is 23.3 Å². The summed E-state index contributed by atoms with van der Waals surface area (Å²) in [5.74, 6) is 0.314. The number of methoxy groups -OCH3 is 1. The lowest BCUT2D eigenvalue weighted by molar-refractivity contribution is -0.0638. The molecule has 0 fully saturated rings. The molecule has 0 radical (unpaired) electrons. The molecule has 0 rings (SSSR count). The van der Waals surface area contributed by atoms with Crippen molar-refractivity contribution in [2.45, 2.75) is 58.4 Å². The Hall–Kier alpha value is -0.693. The average molecular weight is 363 g/mol. The van der Waals surface area contributed by atoms with Crippen molar-refractivity contribution >= 4 is 8.07 Å². The van der Waals surface area contributed by atoms with Crippen molar-refractivity contribution in [3.63, 3.8) is 0 Å². The Labute approximate surface area is 148 Å². The lowest BCUT2D eigenvalue weighted by atomic mass is 10.2. The van der Waals surface area contributed by atoms with Gasteiger partial charge in [0.25, 0.3) is 0 Å². The van der Waals surface area contributed by atoms with Crippen molar-refractivity contribution in [2.75, 3.05) is 33.7 Å². The first kappa shape index (κ1) is 23.3. The van der Waals surface area contributed by atoms with Crippen LogP contribution < -0.4 is 0 Å². The summed E-state index contributed by atoms with van der Waals surface area (Å²) < 4.78 is 37.2. The highest BCUT2D eigenvalue weighted by Crippen LogP contribution is 2.34. The highest BCUT2D eigenvalue weighted by molar-refractivity contribution is 6.85. The third-order valence-corrected chi connectivity index (χ3v) is 9.76. The predicted molar refractivity (Wildman–Crippen MR) is 99.3 cm³/mol. The van der Waals surface area contributed by atoms with E-state index in [2.05, 4.69) is 27.4 Å². The van der Waals surface area contributed by atoms with Gasteiger partial charge in [-0.1, -0.05) is 51.9 Å². The molecule has 0 bridgehead atoms. The van der Waals surface area contributed by atoms with Gasteiger partial charge in [0.05, 0.1) is 19.8 Å². The van der Waals surface area contributed by atoms with Crippen LogP contribution in [0.5, 0.6) is 0 Å². The third-order valence-electron chi connectivity index (χ3n) is 4.52. The highest BCUT2D eigenvalue weighted by atomic mass is 28.3. The summed E-state index contributed by atoms with van der Waals surface area (Å²) >= 11 is 0. The van der Waals surface area contributed by atoms with Gasteiger partial charge in [-0.3, -0.25) is 0 Å². The van der Waals surface area contributed by atoms with Crippen molar-refractivity contribution in [3.05, 3.63) is 23.9 Å². The van der Waals surface area contributed by atoms with Gasteiger partial charge in [-0.25, -0.2) is 4.39 Å². The zero-order chi connectivity index (χ0) is 18.4. The summed E-state index contributed by atoms with van der Waals surface area (Å²) in [7, 11) is -0.569. The lowest BCUT2D eigenvalue weighted by Gasteiger charge is -2.30. The molecule has 6 heteroatoms. The fraction of sp³-hybridized carbons (Fsp3) is 0.778. The standard InChI is InChI=1S/C18H35FO4Si/c1-7-12-22-16(8-2)17(23-15-21-14-13-20-6)18(19)24(9-3,10-4)11-5/h7,16H,1,8-15H2,2-6H3/b18-17+. The molecular formula is C18H35FO4Si. The van der Waals surface area contributed by atoms with Crippen LogP contribution in [0.2, 0.25) is 18.1 Å². The highest BCUT2D eigenvalue weighted by Gasteiger charge is 2.37. The SMILES string of the molecule is C=CCOC(CC)/C(OCOCCOC)=C(/F)[Si](CC)(CC)CC. The molecule has 0 saturated carbocycles. The van der Waals surface area contributed by atoms with E-state index in [1.807, 2.05) is 6.92 Å². The van der Waals surface area contributed by atoms with E-state index in [0.29, 0.717) is 32.0 Å². The molecule has 0 aromatic rings. The second-order valence-electron chi connectivity index (χ2n) is 5.70. The summed E-state index contributed by atoms with van der Waals surface area (Å²) in [5.41, 5.74) is -0.0822. The monoisotopic (exact) mass is 362 g/mol. The van der Waals surface area contributed by atoms with Crippen LogP contribution in [0.15, 0.2) is 23.9 Å². The van der Waals surface area contributed by atoms with Crippen LogP contribution in [-0.2, 0) is 18.9 Å². The Bertz CT molecular complexity index is 362. The van der Waals surface area contributed by atoms with E-state index < -0.39 is 14.2 Å². The molecule has 0 aliphatic heterocycles. The number of halogens is 1. The van der Waals surface area contributed by atoms with E-state index >= 15 is 4.39 Å². The number of hydrogen-bond acceptors (Lipinski definition) is 4. The first-order chi connectivity index (χ1) is 11.6. The first-order valence-electron chi connectivity index (χ1n) is 8.88. The topological polar surface area (TPSA) is 36.9 Å². The van der Waals surface area contributed by atoms with Crippen LogP contribution in [0.25, 0.3) is 0 Å². The molecule has 0 aromatic carbocycles. The Morgan fingerprint density at radius 2 is 1.75 bits per heavy atom. The van der Waals surface area contributed by atoms with Crippen molar-refractivity contribution in [1.29, 1.82) is 0 Å². The Kier molecular flexibility index (Phi) is 13.2. The molecule has 0 aliphatic carbocycles. The van der Waals surface area contributed by atoms with E-state index in [1.165, 1.54) is 0 Å². The summed E-state index contributed by atoms with van der Waals surface area (Å²) in [4.78, 5) is 0. The molecule has 142 valence electrons. The molecule has 1 atom stereocenters. The van der Waals surface area contributed by atoms with E-state index in [-0.39, 0.29) is 12.2 Å². The Morgan fingerprint density at radius 3 is 2.21 bits per heavy atom. The molecule has 0 aromatic heterocycles. The first-order valence-corrected chi connectivity index (χ1v) is 11.5. The molecular weight excluding hydrogens is 327 g/mol. The molecule has 0 amide bonds. The minimum atomic E-state index is -2.18. The van der Waals surface area contributed by atoms with E-state index in [4.69, 9.17) is 18.9 Å². The number of hydrogen-bond donors (Lipinski definition) is 0. The maximum Gasteiger partial charge on any atom is 0.188 e. The molecule has 4 nitrogen and oxygen atoms in total. The fourth-order valence-electron chi connectivity index (χ4n) is 2.64. The minimum Gasteiger partial charge on any atom is -0.467 e. The molecule has 24 heavy (non-hydrogen) atoms. The normalized spacial score (nSPS) is 14.2. The van der Waals surface area contributed by atoms with Gasteiger partial charge in [0.15, 0.2) is 12.6 Å². The molecule has 0 spiro atoms. The van der Waals surface area contributed by atoms with Gasteiger partial charge in [0.2, 0.25) is 0 Å². The van der Waals surface area contributed by atoms with Gasteiger partial charge in [0.1, 0.15) is 19.6 Å². The number of rotatable bonds is 15. The van der Waals surface area contributed by atoms with Gasteiger partial charge in [-0.05, 0) is 6.42 Å². The second-order valence-corrected chi connectivity index (χ2v) is 10.8. The predicted octanol–water partition coefficient (Wildman–Crippen LogP) is 4.83. The van der Waals surface area contributed by atoms with Crippen LogP contribution in [0.4, 0.5) is 4.39 Å². The minimum absolute atomic E-state index is 0.00167. The maximum absolute atomic E-state index is 15.5. The zero-order valence-electron chi connectivity index (χ0n) is 16.0. The fourth-order valence-corrected chi connectivity index (χ4v) is 5.83. The number of ether oxygens (including phenoxy) is 4. The summed E-state index contributed by atoms with van der Waals surface area (Å²) in [6.45, 7) is 13.1. The largest absolute Gasteiger partial charge is 0.467 e. The van der Waals surface area contributed by atoms with Crippen LogP contribution >= 0.6 is 0 Å². The maximum atomic E-state index is 15.5. The summed E-state index contributed by atoms with van der Waals surface area (Å²) in [6.07, 6.45) is 1.89. The molecule has 0 N–H and O–H groups in total. The quantitative estimate of drug-likeness (QED) is 0.137. The van der Waals surface area contributed by atoms with Crippen LogP contribution in [0.3, 0.4) is 0 Å². The summed E-state index contributed by atoms with van der Waals surface area (Å²) in [6, 6.07) is 2.54. The van der Waals surface area contributed by atoms with Gasteiger partial charge < -0.3 is 18.9 Å². The smallest absolute Gasteiger partial charge is 0.188 e. The molecule has 0 aliphatic rings. The van der Waals surface area contributed by atoms with Gasteiger partial charge in [-0.15, -0.1) is 6.58 Å². The van der Waals surface area contributed by atoms with Crippen molar-refractivity contribution in [2.24, 2.45) is 0 Å². The van der Waals surface area contributed by atoms with Gasteiger partial charge in [0, 0.05) is 7.11 Å². The van der Waals surface area contributed by atoms with Crippen LogP contribution in [0.1, 0.15) is 34.1 Å². The van der Waals surface area contributed by atoms with Gasteiger partial charge in [-0.2, -0.15) is 0 Å². The van der Waals surface area contributed by atoms with E-state index in [0.717, 1.165) is 18.1 Å². The molecule has 0 saturated heterocycles. The van der Waals surface area contributed by atoms with Crippen LogP contribution in [-0.4, -0.2) is 47.9 Å². The van der Waals surface area contributed by atoms with Crippen molar-refractivity contribution in [1.82, 2.24) is 0 Å². The molecule has 1 unspecified atom stereocenters. The van der Waals surface area contributed by atoms with Crippen molar-refractivity contribution in [3.8, 4) is 0 Å². The summed E-state index contributed by atoms with van der Waals surface area (Å²) in [5, 5.41) is 0. The lowest BCUT2D eigenvalue weighted by Crippen LogP contribution is -2.36.